The number of carbonyl (C=O) groups is 1. The SMILES string of the molecule is CCc1ccc(C(=O)O)cc1S(=O)(=O)CCCSC. The molecule has 0 fully saturated rings. The van der Waals surface area contributed by atoms with Crippen molar-refractivity contribution in [3.05, 3.63) is 29.3 Å². The van der Waals surface area contributed by atoms with Gasteiger partial charge in [0.25, 0.3) is 0 Å². The zero-order valence-corrected chi connectivity index (χ0v) is 12.7. The minimum absolute atomic E-state index is 0.0145. The lowest BCUT2D eigenvalue weighted by molar-refractivity contribution is 0.0696. The highest BCUT2D eigenvalue weighted by atomic mass is 32.2. The summed E-state index contributed by atoms with van der Waals surface area (Å²) in [5.41, 5.74) is 0.690. The molecule has 4 nitrogen and oxygen atoms in total. The van der Waals surface area contributed by atoms with Crippen LogP contribution in [0.25, 0.3) is 0 Å². The van der Waals surface area contributed by atoms with Gasteiger partial charge in [-0.1, -0.05) is 13.0 Å². The van der Waals surface area contributed by atoms with Crippen molar-refractivity contribution in [2.24, 2.45) is 0 Å². The maximum absolute atomic E-state index is 12.3. The van der Waals surface area contributed by atoms with Gasteiger partial charge in [0, 0.05) is 0 Å². The van der Waals surface area contributed by atoms with Gasteiger partial charge in [-0.3, -0.25) is 0 Å². The van der Waals surface area contributed by atoms with E-state index in [1.807, 2.05) is 13.2 Å². The molecule has 106 valence electrons. The number of carboxylic acid groups (broad SMARTS) is 1. The van der Waals surface area contributed by atoms with Crippen LogP contribution in [0.4, 0.5) is 0 Å². The van der Waals surface area contributed by atoms with Crippen LogP contribution in [0.5, 0.6) is 0 Å². The first-order valence-corrected chi connectivity index (χ1v) is 9.05. The third kappa shape index (κ3) is 4.24. The van der Waals surface area contributed by atoms with Crippen molar-refractivity contribution >= 4 is 27.6 Å². The van der Waals surface area contributed by atoms with Crippen molar-refractivity contribution in [2.75, 3.05) is 17.8 Å². The summed E-state index contributed by atoms with van der Waals surface area (Å²) in [4.78, 5) is 11.1. The Labute approximate surface area is 118 Å². The van der Waals surface area contributed by atoms with E-state index >= 15 is 0 Å². The van der Waals surface area contributed by atoms with E-state index in [4.69, 9.17) is 5.11 Å². The average molecular weight is 302 g/mol. The molecule has 19 heavy (non-hydrogen) atoms. The van der Waals surface area contributed by atoms with Crippen LogP contribution in [0.2, 0.25) is 0 Å². The summed E-state index contributed by atoms with van der Waals surface area (Å²) in [5, 5.41) is 8.95. The molecule has 0 unspecified atom stereocenters. The summed E-state index contributed by atoms with van der Waals surface area (Å²) >= 11 is 1.60. The van der Waals surface area contributed by atoms with Gasteiger partial charge < -0.3 is 5.11 Å². The number of carboxylic acids is 1. The lowest BCUT2D eigenvalue weighted by Crippen LogP contribution is -2.11. The summed E-state index contributed by atoms with van der Waals surface area (Å²) < 4.78 is 24.5. The molecule has 0 aliphatic carbocycles. The molecule has 1 rings (SSSR count). The van der Waals surface area contributed by atoms with Gasteiger partial charge in [0.2, 0.25) is 0 Å². The van der Waals surface area contributed by atoms with Crippen LogP contribution in [0.1, 0.15) is 29.3 Å². The van der Waals surface area contributed by atoms with Gasteiger partial charge in [-0.05, 0) is 42.5 Å². The van der Waals surface area contributed by atoms with Crippen LogP contribution in [-0.2, 0) is 16.3 Å². The zero-order valence-electron chi connectivity index (χ0n) is 11.0. The third-order valence-electron chi connectivity index (χ3n) is 2.79. The topological polar surface area (TPSA) is 71.4 Å². The van der Waals surface area contributed by atoms with Crippen molar-refractivity contribution in [1.29, 1.82) is 0 Å². The summed E-state index contributed by atoms with van der Waals surface area (Å²) in [6.07, 6.45) is 3.07. The molecule has 0 heterocycles. The standard InChI is InChI=1S/C13H18O4S2/c1-3-10-5-6-11(13(14)15)9-12(10)19(16,17)8-4-7-18-2/h5-6,9H,3-4,7-8H2,1-2H3,(H,14,15). The first-order chi connectivity index (χ1) is 8.92. The number of rotatable bonds is 7. The molecule has 0 saturated heterocycles. The fourth-order valence-electron chi connectivity index (χ4n) is 1.77. The molecule has 0 atom stereocenters. The number of hydrogen-bond acceptors (Lipinski definition) is 4. The van der Waals surface area contributed by atoms with E-state index in [0.29, 0.717) is 18.4 Å². The van der Waals surface area contributed by atoms with Gasteiger partial charge in [-0.2, -0.15) is 11.8 Å². The molecule has 0 aromatic heterocycles. The molecule has 1 aromatic rings. The lowest BCUT2D eigenvalue weighted by atomic mass is 10.1. The highest BCUT2D eigenvalue weighted by Gasteiger charge is 2.19. The Hall–Kier alpha value is -1.01. The van der Waals surface area contributed by atoms with E-state index in [0.717, 1.165) is 5.75 Å². The Kier molecular flexibility index (Phi) is 5.87. The summed E-state index contributed by atoms with van der Waals surface area (Å²) in [7, 11) is -3.41. The van der Waals surface area contributed by atoms with Crippen molar-refractivity contribution in [1.82, 2.24) is 0 Å². The average Bonchev–Trinajstić information content (AvgIpc) is 2.38. The van der Waals surface area contributed by atoms with E-state index in [2.05, 4.69) is 0 Å². The van der Waals surface area contributed by atoms with Gasteiger partial charge in [0.05, 0.1) is 16.2 Å². The molecule has 0 spiro atoms. The highest BCUT2D eigenvalue weighted by molar-refractivity contribution is 7.98. The van der Waals surface area contributed by atoms with Gasteiger partial charge >= 0.3 is 5.97 Å². The number of aromatic carboxylic acids is 1. The molecule has 1 aromatic carbocycles. The summed E-state index contributed by atoms with van der Waals surface area (Å²) in [6, 6.07) is 4.31. The second-order valence-electron chi connectivity index (χ2n) is 4.15. The largest absolute Gasteiger partial charge is 0.478 e. The molecular weight excluding hydrogens is 284 g/mol. The first-order valence-electron chi connectivity index (χ1n) is 6.00. The maximum Gasteiger partial charge on any atom is 0.335 e. The van der Waals surface area contributed by atoms with Crippen molar-refractivity contribution in [3.8, 4) is 0 Å². The molecule has 0 saturated carbocycles. The molecule has 0 aliphatic heterocycles. The van der Waals surface area contributed by atoms with E-state index in [-0.39, 0.29) is 16.2 Å². The van der Waals surface area contributed by atoms with E-state index in [9.17, 15) is 13.2 Å². The van der Waals surface area contributed by atoms with Crippen LogP contribution in [0, 0.1) is 0 Å². The number of thioether (sulfide) groups is 1. The Morgan fingerprint density at radius 1 is 1.37 bits per heavy atom. The predicted octanol–water partition coefficient (Wildman–Crippen LogP) is 2.47. The highest BCUT2D eigenvalue weighted by Crippen LogP contribution is 2.21. The second kappa shape index (κ2) is 6.96. The summed E-state index contributed by atoms with van der Waals surface area (Å²) in [6.45, 7) is 1.86. The van der Waals surface area contributed by atoms with Crippen LogP contribution >= 0.6 is 11.8 Å². The number of sulfone groups is 1. The minimum Gasteiger partial charge on any atom is -0.478 e. The Morgan fingerprint density at radius 3 is 2.58 bits per heavy atom. The molecule has 0 aliphatic rings. The normalized spacial score (nSPS) is 11.5. The molecule has 0 bridgehead atoms. The van der Waals surface area contributed by atoms with Gasteiger partial charge in [0.15, 0.2) is 9.84 Å². The Bertz CT molecular complexity index is 550. The smallest absolute Gasteiger partial charge is 0.335 e. The molecule has 0 radical (unpaired) electrons. The molecule has 0 amide bonds. The minimum atomic E-state index is -3.41. The maximum atomic E-state index is 12.3. The van der Waals surface area contributed by atoms with Gasteiger partial charge in [0.1, 0.15) is 0 Å². The first kappa shape index (κ1) is 16.0. The van der Waals surface area contributed by atoms with Gasteiger partial charge in [-0.25, -0.2) is 13.2 Å². The molecule has 1 N–H and O–H groups in total. The third-order valence-corrected chi connectivity index (χ3v) is 5.36. The van der Waals surface area contributed by atoms with E-state index < -0.39 is 15.8 Å². The van der Waals surface area contributed by atoms with Crippen molar-refractivity contribution in [3.63, 3.8) is 0 Å². The van der Waals surface area contributed by atoms with Crippen molar-refractivity contribution < 1.29 is 18.3 Å². The number of aryl methyl sites for hydroxylation is 1. The fraction of sp³-hybridized carbons (Fsp3) is 0.462. The zero-order chi connectivity index (χ0) is 14.5. The van der Waals surface area contributed by atoms with Gasteiger partial charge in [-0.15, -0.1) is 0 Å². The quantitative estimate of drug-likeness (QED) is 0.783. The van der Waals surface area contributed by atoms with Crippen molar-refractivity contribution in [2.45, 2.75) is 24.7 Å². The number of hydrogen-bond donors (Lipinski definition) is 1. The Morgan fingerprint density at radius 2 is 2.05 bits per heavy atom. The second-order valence-corrected chi connectivity index (χ2v) is 7.21. The molecular formula is C13H18O4S2. The van der Waals surface area contributed by atoms with Crippen LogP contribution in [-0.4, -0.2) is 37.3 Å². The summed E-state index contributed by atoms with van der Waals surface area (Å²) in [5.74, 6) is -0.272. The number of benzene rings is 1. The predicted molar refractivity (Wildman–Crippen MR) is 77.8 cm³/mol. The van der Waals surface area contributed by atoms with Crippen LogP contribution < -0.4 is 0 Å². The van der Waals surface area contributed by atoms with Crippen LogP contribution in [0.15, 0.2) is 23.1 Å². The lowest BCUT2D eigenvalue weighted by Gasteiger charge is -2.10. The fourth-order valence-corrected chi connectivity index (χ4v) is 4.05. The molecule has 6 heteroatoms. The Balaban J connectivity index is 3.15. The van der Waals surface area contributed by atoms with Crippen LogP contribution in [0.3, 0.4) is 0 Å². The van der Waals surface area contributed by atoms with E-state index in [1.54, 1.807) is 17.8 Å². The van der Waals surface area contributed by atoms with E-state index in [1.165, 1.54) is 12.1 Å². The monoisotopic (exact) mass is 302 g/mol.